The van der Waals surface area contributed by atoms with Crippen LogP contribution in [0.1, 0.15) is 27.2 Å². The molecular weight excluding hydrogens is 220 g/mol. The summed E-state index contributed by atoms with van der Waals surface area (Å²) in [5, 5.41) is 11.6. The lowest BCUT2D eigenvalue weighted by Crippen LogP contribution is -2.49. The highest BCUT2D eigenvalue weighted by atomic mass is 16.4. The topological polar surface area (TPSA) is 66.4 Å². The molecule has 0 heterocycles. The van der Waals surface area contributed by atoms with Crippen molar-refractivity contribution in [2.75, 3.05) is 33.7 Å². The maximum absolute atomic E-state index is 11.8. The molecule has 100 valence electrons. The number of nitrogens with one attached hydrogen (secondary N) is 1. The molecule has 0 rings (SSSR count). The Morgan fingerprint density at radius 3 is 2.24 bits per heavy atom. The number of nitrogens with zero attached hydrogens (tertiary/aromatic N) is 1. The lowest BCUT2D eigenvalue weighted by atomic mass is 9.89. The molecule has 2 N–H and O–H groups in total. The molecule has 0 aliphatic carbocycles. The van der Waals surface area contributed by atoms with Crippen molar-refractivity contribution < 1.29 is 19.2 Å². The molecule has 5 heteroatoms. The fourth-order valence-corrected chi connectivity index (χ4v) is 1.32. The van der Waals surface area contributed by atoms with E-state index in [1.807, 2.05) is 34.9 Å². The second-order valence-corrected chi connectivity index (χ2v) is 5.70. The number of aliphatic carboxylic acids is 1. The average molecular weight is 245 g/mol. The summed E-state index contributed by atoms with van der Waals surface area (Å²) in [7, 11) is 3.68. The predicted octanol–water partition coefficient (Wildman–Crippen LogP) is 0.700. The summed E-state index contributed by atoms with van der Waals surface area (Å²) < 4.78 is 0.363. The molecule has 0 radical (unpaired) electrons. The first-order valence-corrected chi connectivity index (χ1v) is 5.93. The molecule has 0 aromatic carbocycles. The molecule has 0 fully saturated rings. The Labute approximate surface area is 103 Å². The van der Waals surface area contributed by atoms with Crippen molar-refractivity contribution in [1.82, 2.24) is 5.32 Å². The molecule has 1 amide bonds. The van der Waals surface area contributed by atoms with Gasteiger partial charge in [-0.25, -0.2) is 4.79 Å². The van der Waals surface area contributed by atoms with Gasteiger partial charge in [-0.2, -0.15) is 0 Å². The lowest BCUT2D eigenvalue weighted by Gasteiger charge is -2.29. The summed E-state index contributed by atoms with van der Waals surface area (Å²) in [5.41, 5.74) is -0.357. The van der Waals surface area contributed by atoms with E-state index in [0.29, 0.717) is 17.6 Å². The lowest BCUT2D eigenvalue weighted by molar-refractivity contribution is -0.881. The van der Waals surface area contributed by atoms with Crippen molar-refractivity contribution in [3.63, 3.8) is 0 Å². The molecule has 0 aromatic heterocycles. The Kier molecular flexibility index (Phi) is 5.61. The third-order valence-corrected chi connectivity index (χ3v) is 3.06. The van der Waals surface area contributed by atoms with Crippen LogP contribution in [0.25, 0.3) is 0 Å². The Morgan fingerprint density at radius 2 is 1.82 bits per heavy atom. The number of carboxylic acids is 1. The molecule has 0 atom stereocenters. The van der Waals surface area contributed by atoms with Crippen LogP contribution in [-0.4, -0.2) is 55.2 Å². The van der Waals surface area contributed by atoms with Crippen LogP contribution in [0.3, 0.4) is 0 Å². The zero-order chi connectivity index (χ0) is 13.7. The summed E-state index contributed by atoms with van der Waals surface area (Å²) >= 11 is 0. The van der Waals surface area contributed by atoms with E-state index in [2.05, 4.69) is 5.32 Å². The van der Waals surface area contributed by atoms with Gasteiger partial charge in [0.05, 0.1) is 27.2 Å². The number of hydrogen-bond acceptors (Lipinski definition) is 2. The van der Waals surface area contributed by atoms with Crippen LogP contribution in [0.5, 0.6) is 0 Å². The van der Waals surface area contributed by atoms with E-state index in [-0.39, 0.29) is 17.9 Å². The van der Waals surface area contributed by atoms with E-state index >= 15 is 0 Å². The molecule has 0 saturated heterocycles. The summed E-state index contributed by atoms with van der Waals surface area (Å²) in [4.78, 5) is 22.4. The second-order valence-electron chi connectivity index (χ2n) is 5.70. The largest absolute Gasteiger partial charge is 0.477 e. The molecule has 0 aliphatic rings. The normalized spacial score (nSPS) is 12.3. The van der Waals surface area contributed by atoms with Gasteiger partial charge in [0.15, 0.2) is 6.54 Å². The predicted molar refractivity (Wildman–Crippen MR) is 66.6 cm³/mol. The first-order valence-electron chi connectivity index (χ1n) is 5.93. The van der Waals surface area contributed by atoms with Gasteiger partial charge in [0, 0.05) is 5.41 Å². The fraction of sp³-hybridized carbons (Fsp3) is 0.833. The molecule has 0 aliphatic heterocycles. The van der Waals surface area contributed by atoms with Gasteiger partial charge in [-0.1, -0.05) is 20.8 Å². The van der Waals surface area contributed by atoms with Gasteiger partial charge in [-0.05, 0) is 6.42 Å². The van der Waals surface area contributed by atoms with Crippen LogP contribution >= 0.6 is 0 Å². The maximum Gasteiger partial charge on any atom is 0.359 e. The van der Waals surface area contributed by atoms with Crippen molar-refractivity contribution in [2.24, 2.45) is 5.41 Å². The number of carbonyl (C=O) groups excluding carboxylic acids is 1. The SMILES string of the molecule is CCC(C)(C)C(=O)NCC[N+](C)(C)CC(=O)O. The Morgan fingerprint density at radius 1 is 1.29 bits per heavy atom. The molecule has 5 nitrogen and oxygen atoms in total. The highest BCUT2D eigenvalue weighted by molar-refractivity contribution is 5.81. The van der Waals surface area contributed by atoms with E-state index in [9.17, 15) is 9.59 Å². The quantitative estimate of drug-likeness (QED) is 0.649. The third kappa shape index (κ3) is 6.26. The van der Waals surface area contributed by atoms with E-state index < -0.39 is 5.97 Å². The van der Waals surface area contributed by atoms with Gasteiger partial charge in [0.2, 0.25) is 5.91 Å². The van der Waals surface area contributed by atoms with Gasteiger partial charge in [-0.15, -0.1) is 0 Å². The van der Waals surface area contributed by atoms with E-state index in [1.165, 1.54) is 0 Å². The summed E-state index contributed by atoms with van der Waals surface area (Å²) in [6.45, 7) is 6.95. The van der Waals surface area contributed by atoms with Crippen LogP contribution in [0, 0.1) is 5.41 Å². The van der Waals surface area contributed by atoms with Crippen LogP contribution in [0.4, 0.5) is 0 Å². The van der Waals surface area contributed by atoms with Gasteiger partial charge in [0.25, 0.3) is 0 Å². The number of quaternary nitrogens is 1. The van der Waals surface area contributed by atoms with Crippen LogP contribution in [0.15, 0.2) is 0 Å². The van der Waals surface area contributed by atoms with Gasteiger partial charge in [-0.3, -0.25) is 4.79 Å². The monoisotopic (exact) mass is 245 g/mol. The van der Waals surface area contributed by atoms with E-state index in [4.69, 9.17) is 5.11 Å². The number of carbonyl (C=O) groups is 2. The molecule has 17 heavy (non-hydrogen) atoms. The zero-order valence-electron chi connectivity index (χ0n) is 11.5. The highest BCUT2D eigenvalue weighted by Gasteiger charge is 2.26. The molecule has 0 aromatic rings. The molecule has 0 unspecified atom stereocenters. The second kappa shape index (κ2) is 6.00. The van der Waals surface area contributed by atoms with Crippen molar-refractivity contribution in [3.05, 3.63) is 0 Å². The summed E-state index contributed by atoms with van der Waals surface area (Å²) in [5.74, 6) is -0.800. The van der Waals surface area contributed by atoms with Crippen molar-refractivity contribution in [2.45, 2.75) is 27.2 Å². The van der Waals surface area contributed by atoms with Gasteiger partial charge < -0.3 is 14.9 Å². The third-order valence-electron chi connectivity index (χ3n) is 3.06. The first-order chi connectivity index (χ1) is 7.60. The van der Waals surface area contributed by atoms with Gasteiger partial charge in [0.1, 0.15) is 0 Å². The Bertz CT molecular complexity index is 285. The first kappa shape index (κ1) is 15.9. The van der Waals surface area contributed by atoms with Gasteiger partial charge >= 0.3 is 5.97 Å². The number of rotatable bonds is 7. The number of likely N-dealkylation sites (N-methyl/N-ethyl adjacent to an activating group) is 1. The summed E-state index contributed by atoms with van der Waals surface area (Å²) in [6, 6.07) is 0. The number of carboxylic acid groups (broad SMARTS) is 1. The minimum atomic E-state index is -0.824. The maximum atomic E-state index is 11.8. The van der Waals surface area contributed by atoms with Crippen LogP contribution < -0.4 is 5.32 Å². The zero-order valence-corrected chi connectivity index (χ0v) is 11.5. The average Bonchev–Trinajstić information content (AvgIpc) is 2.15. The van der Waals surface area contributed by atoms with Crippen molar-refractivity contribution in [1.29, 1.82) is 0 Å². The fourth-order valence-electron chi connectivity index (χ4n) is 1.32. The molecule has 0 saturated carbocycles. The van der Waals surface area contributed by atoms with Crippen molar-refractivity contribution in [3.8, 4) is 0 Å². The minimum absolute atomic E-state index is 0.0234. The Hall–Kier alpha value is -1.10. The minimum Gasteiger partial charge on any atom is -0.477 e. The molecule has 0 spiro atoms. The van der Waals surface area contributed by atoms with E-state index in [0.717, 1.165) is 6.42 Å². The Balaban J connectivity index is 4.07. The summed E-state index contributed by atoms with van der Waals surface area (Å²) in [6.07, 6.45) is 0.784. The van der Waals surface area contributed by atoms with Crippen LogP contribution in [-0.2, 0) is 9.59 Å². The van der Waals surface area contributed by atoms with E-state index in [1.54, 1.807) is 0 Å². The molecular formula is C12H25N2O3+. The standard InChI is InChI=1S/C12H24N2O3/c1-6-12(2,3)11(17)13-7-8-14(4,5)9-10(15)16/h6-9H2,1-5H3,(H-,13,15,16,17)/p+1. The van der Waals surface area contributed by atoms with Crippen LogP contribution in [0.2, 0.25) is 0 Å². The molecule has 0 bridgehead atoms. The number of amides is 1. The number of hydrogen-bond donors (Lipinski definition) is 2. The smallest absolute Gasteiger partial charge is 0.359 e. The van der Waals surface area contributed by atoms with Crippen molar-refractivity contribution >= 4 is 11.9 Å². The highest BCUT2D eigenvalue weighted by Crippen LogP contribution is 2.19.